The van der Waals surface area contributed by atoms with Gasteiger partial charge in [-0.05, 0) is 59.6 Å². The van der Waals surface area contributed by atoms with Crippen molar-refractivity contribution in [3.05, 3.63) is 23.7 Å². The molecule has 1 unspecified atom stereocenters. The van der Waals surface area contributed by atoms with Crippen molar-refractivity contribution in [2.45, 2.75) is 26.3 Å². The van der Waals surface area contributed by atoms with E-state index in [0.29, 0.717) is 6.04 Å². The highest BCUT2D eigenvalue weighted by Crippen LogP contribution is 2.20. The fourth-order valence-corrected chi connectivity index (χ4v) is 1.59. The minimum atomic E-state index is 0.357. The van der Waals surface area contributed by atoms with E-state index in [1.807, 2.05) is 20.0 Å². The summed E-state index contributed by atoms with van der Waals surface area (Å²) in [6, 6.07) is 4.44. The molecule has 0 bridgehead atoms. The molecule has 1 atom stereocenters. The van der Waals surface area contributed by atoms with Crippen molar-refractivity contribution in [2.75, 3.05) is 27.2 Å². The largest absolute Gasteiger partial charge is 0.465 e. The second-order valence-electron chi connectivity index (χ2n) is 4.06. The molecular formula is C12H22N2O. The van der Waals surface area contributed by atoms with Crippen LogP contribution in [0.1, 0.15) is 30.9 Å². The van der Waals surface area contributed by atoms with Crippen molar-refractivity contribution >= 4 is 0 Å². The van der Waals surface area contributed by atoms with Crippen LogP contribution < -0.4 is 5.32 Å². The summed E-state index contributed by atoms with van der Waals surface area (Å²) in [5.74, 6) is 2.04. The van der Waals surface area contributed by atoms with Gasteiger partial charge in [0, 0.05) is 0 Å². The average Bonchev–Trinajstić information content (AvgIpc) is 2.64. The summed E-state index contributed by atoms with van der Waals surface area (Å²) in [4.78, 5) is 2.32. The van der Waals surface area contributed by atoms with Gasteiger partial charge in [-0.1, -0.05) is 0 Å². The van der Waals surface area contributed by atoms with Gasteiger partial charge >= 0.3 is 0 Å². The Bertz CT molecular complexity index is 283. The molecule has 3 nitrogen and oxygen atoms in total. The Hall–Kier alpha value is -0.800. The van der Waals surface area contributed by atoms with Gasteiger partial charge in [0.25, 0.3) is 0 Å². The summed E-state index contributed by atoms with van der Waals surface area (Å²) in [6.07, 6.45) is 1.16. The molecule has 1 aromatic heterocycles. The van der Waals surface area contributed by atoms with Crippen LogP contribution in [0.5, 0.6) is 0 Å². The first kappa shape index (κ1) is 12.3. The molecule has 3 heteroatoms. The molecule has 0 saturated heterocycles. The zero-order valence-corrected chi connectivity index (χ0v) is 10.2. The lowest BCUT2D eigenvalue weighted by Crippen LogP contribution is -2.25. The van der Waals surface area contributed by atoms with Crippen LogP contribution in [0, 0.1) is 6.92 Å². The minimum Gasteiger partial charge on any atom is -0.465 e. The second kappa shape index (κ2) is 5.93. The van der Waals surface area contributed by atoms with Crippen LogP contribution in [0.15, 0.2) is 16.5 Å². The number of nitrogens with zero attached hydrogens (tertiary/aromatic N) is 1. The molecule has 0 aliphatic heterocycles. The van der Waals surface area contributed by atoms with Crippen LogP contribution in [0.25, 0.3) is 0 Å². The number of hydrogen-bond donors (Lipinski definition) is 1. The van der Waals surface area contributed by atoms with E-state index in [1.54, 1.807) is 0 Å². The van der Waals surface area contributed by atoms with Gasteiger partial charge in [-0.25, -0.2) is 0 Å². The molecule has 86 valence electrons. The zero-order chi connectivity index (χ0) is 11.3. The average molecular weight is 210 g/mol. The highest BCUT2D eigenvalue weighted by atomic mass is 16.3. The molecule has 0 aromatic carbocycles. The first-order valence-corrected chi connectivity index (χ1v) is 5.56. The summed E-state index contributed by atoms with van der Waals surface area (Å²) < 4.78 is 5.62. The Morgan fingerprint density at radius 2 is 2.20 bits per heavy atom. The van der Waals surface area contributed by atoms with E-state index >= 15 is 0 Å². The first-order chi connectivity index (χ1) is 7.15. The maximum Gasteiger partial charge on any atom is 0.121 e. The standard InChI is InChI=1S/C12H22N2O/c1-10-6-7-12(15-10)11(2)14(4)9-5-8-13-3/h6-7,11,13H,5,8-9H2,1-4H3. The lowest BCUT2D eigenvalue weighted by atomic mass is 10.2. The third-order valence-electron chi connectivity index (χ3n) is 2.77. The Balaban J connectivity index is 2.42. The Morgan fingerprint density at radius 3 is 2.73 bits per heavy atom. The van der Waals surface area contributed by atoms with E-state index in [4.69, 9.17) is 4.42 Å². The molecule has 15 heavy (non-hydrogen) atoms. The van der Waals surface area contributed by atoms with Crippen molar-refractivity contribution in [3.8, 4) is 0 Å². The van der Waals surface area contributed by atoms with Crippen LogP contribution in [0.3, 0.4) is 0 Å². The fraction of sp³-hybridized carbons (Fsp3) is 0.667. The number of furan rings is 1. The topological polar surface area (TPSA) is 28.4 Å². The molecule has 0 aliphatic rings. The van der Waals surface area contributed by atoms with Crippen molar-refractivity contribution < 1.29 is 4.42 Å². The molecule has 0 spiro atoms. The number of aryl methyl sites for hydroxylation is 1. The maximum absolute atomic E-state index is 5.62. The fourth-order valence-electron chi connectivity index (χ4n) is 1.59. The molecular weight excluding hydrogens is 188 g/mol. The van der Waals surface area contributed by atoms with E-state index in [9.17, 15) is 0 Å². The van der Waals surface area contributed by atoms with Crippen LogP contribution in [0.4, 0.5) is 0 Å². The van der Waals surface area contributed by atoms with Gasteiger partial charge in [-0.2, -0.15) is 0 Å². The number of hydrogen-bond acceptors (Lipinski definition) is 3. The summed E-state index contributed by atoms with van der Waals surface area (Å²) in [5.41, 5.74) is 0. The van der Waals surface area contributed by atoms with Crippen molar-refractivity contribution in [2.24, 2.45) is 0 Å². The first-order valence-electron chi connectivity index (χ1n) is 5.56. The van der Waals surface area contributed by atoms with Crippen molar-refractivity contribution in [1.29, 1.82) is 0 Å². The van der Waals surface area contributed by atoms with Crippen molar-refractivity contribution in [1.82, 2.24) is 10.2 Å². The minimum absolute atomic E-state index is 0.357. The molecule has 1 rings (SSSR count). The van der Waals surface area contributed by atoms with Crippen LogP contribution in [-0.2, 0) is 0 Å². The quantitative estimate of drug-likeness (QED) is 0.730. The van der Waals surface area contributed by atoms with Gasteiger partial charge in [0.1, 0.15) is 11.5 Å². The van der Waals surface area contributed by atoms with Gasteiger partial charge in [0.2, 0.25) is 0 Å². The Kier molecular flexibility index (Phi) is 4.85. The lowest BCUT2D eigenvalue weighted by Gasteiger charge is -2.22. The molecule has 0 aliphatic carbocycles. The van der Waals surface area contributed by atoms with Crippen LogP contribution in [-0.4, -0.2) is 32.1 Å². The molecule has 0 fully saturated rings. The predicted molar refractivity (Wildman–Crippen MR) is 63.0 cm³/mol. The number of rotatable bonds is 6. The predicted octanol–water partition coefficient (Wildman–Crippen LogP) is 2.19. The van der Waals surface area contributed by atoms with E-state index in [1.165, 1.54) is 0 Å². The third kappa shape index (κ3) is 3.68. The number of nitrogens with one attached hydrogen (secondary N) is 1. The van der Waals surface area contributed by atoms with E-state index in [2.05, 4.69) is 30.3 Å². The van der Waals surface area contributed by atoms with Gasteiger partial charge < -0.3 is 9.73 Å². The lowest BCUT2D eigenvalue weighted by molar-refractivity contribution is 0.226. The zero-order valence-electron chi connectivity index (χ0n) is 10.2. The maximum atomic E-state index is 5.62. The highest BCUT2D eigenvalue weighted by Gasteiger charge is 2.13. The molecule has 1 heterocycles. The molecule has 0 saturated carbocycles. The Morgan fingerprint density at radius 1 is 1.47 bits per heavy atom. The molecule has 0 radical (unpaired) electrons. The van der Waals surface area contributed by atoms with Gasteiger partial charge in [0.15, 0.2) is 0 Å². The second-order valence-corrected chi connectivity index (χ2v) is 4.06. The molecule has 1 aromatic rings. The SMILES string of the molecule is CNCCCN(C)C(C)c1ccc(C)o1. The summed E-state index contributed by atoms with van der Waals surface area (Å²) in [5, 5.41) is 3.16. The Labute approximate surface area is 92.5 Å². The van der Waals surface area contributed by atoms with E-state index in [-0.39, 0.29) is 0 Å². The van der Waals surface area contributed by atoms with Crippen molar-refractivity contribution in [3.63, 3.8) is 0 Å². The smallest absolute Gasteiger partial charge is 0.121 e. The molecule has 0 amide bonds. The highest BCUT2D eigenvalue weighted by molar-refractivity contribution is 5.08. The summed E-state index contributed by atoms with van der Waals surface area (Å²) in [7, 11) is 4.12. The summed E-state index contributed by atoms with van der Waals surface area (Å²) >= 11 is 0. The summed E-state index contributed by atoms with van der Waals surface area (Å²) in [6.45, 7) is 6.31. The normalized spacial score (nSPS) is 13.4. The third-order valence-corrected chi connectivity index (χ3v) is 2.77. The van der Waals surface area contributed by atoms with Gasteiger partial charge in [-0.15, -0.1) is 0 Å². The molecule has 1 N–H and O–H groups in total. The van der Waals surface area contributed by atoms with E-state index < -0.39 is 0 Å². The van der Waals surface area contributed by atoms with Gasteiger partial charge in [-0.3, -0.25) is 4.90 Å². The van der Waals surface area contributed by atoms with Crippen LogP contribution in [0.2, 0.25) is 0 Å². The monoisotopic (exact) mass is 210 g/mol. The van der Waals surface area contributed by atoms with E-state index in [0.717, 1.165) is 31.0 Å². The van der Waals surface area contributed by atoms with Crippen LogP contribution >= 0.6 is 0 Å². The van der Waals surface area contributed by atoms with Gasteiger partial charge in [0.05, 0.1) is 6.04 Å².